The fourth-order valence-electron chi connectivity index (χ4n) is 2.43. The molecule has 0 spiro atoms. The van der Waals surface area contributed by atoms with E-state index in [1.165, 1.54) is 13.0 Å². The molecule has 2 N–H and O–H groups in total. The number of anilines is 1. The van der Waals surface area contributed by atoms with Crippen LogP contribution in [0.2, 0.25) is 0 Å². The number of fused-ring (bicyclic) bond motifs is 1. The number of hydrogen-bond acceptors (Lipinski definition) is 4. The molecule has 6 heteroatoms. The van der Waals surface area contributed by atoms with Crippen LogP contribution in [0.15, 0.2) is 63.8 Å². The van der Waals surface area contributed by atoms with Crippen molar-refractivity contribution < 1.29 is 14.0 Å². The minimum absolute atomic E-state index is 0.0600. The summed E-state index contributed by atoms with van der Waals surface area (Å²) in [6.07, 6.45) is 0. The first-order valence-electron chi connectivity index (χ1n) is 8.20. The molecule has 0 aliphatic carbocycles. The average molecular weight is 360 g/mol. The lowest BCUT2D eigenvalue weighted by molar-refractivity contribution is -0.114. The van der Waals surface area contributed by atoms with Gasteiger partial charge in [-0.05, 0) is 36.4 Å². The van der Waals surface area contributed by atoms with Gasteiger partial charge >= 0.3 is 5.63 Å². The summed E-state index contributed by atoms with van der Waals surface area (Å²) in [6.45, 7) is 1.52. The van der Waals surface area contributed by atoms with Crippen molar-refractivity contribution in [3.8, 4) is 11.8 Å². The number of hydrogen-bond donors (Lipinski definition) is 2. The zero-order chi connectivity index (χ0) is 19.2. The number of rotatable bonds is 3. The molecular weight excluding hydrogens is 344 g/mol. The van der Waals surface area contributed by atoms with Crippen LogP contribution in [0.3, 0.4) is 0 Å². The van der Waals surface area contributed by atoms with E-state index in [9.17, 15) is 14.4 Å². The number of benzene rings is 2. The first kappa shape index (κ1) is 18.0. The predicted molar refractivity (Wildman–Crippen MR) is 102 cm³/mol. The van der Waals surface area contributed by atoms with Gasteiger partial charge in [0.1, 0.15) is 11.1 Å². The summed E-state index contributed by atoms with van der Waals surface area (Å²) in [6, 6.07) is 15.5. The van der Waals surface area contributed by atoms with Gasteiger partial charge in [-0.1, -0.05) is 30.0 Å². The van der Waals surface area contributed by atoms with Crippen LogP contribution < -0.4 is 16.3 Å². The summed E-state index contributed by atoms with van der Waals surface area (Å²) in [7, 11) is 0. The molecule has 1 heterocycles. The highest BCUT2D eigenvalue weighted by atomic mass is 16.4. The normalized spacial score (nSPS) is 9.96. The summed E-state index contributed by atoms with van der Waals surface area (Å²) in [4.78, 5) is 35.1. The molecule has 134 valence electrons. The van der Waals surface area contributed by atoms with E-state index in [1.54, 1.807) is 48.5 Å². The first-order valence-corrected chi connectivity index (χ1v) is 8.20. The molecule has 1 aromatic heterocycles. The third-order valence-corrected chi connectivity index (χ3v) is 3.66. The van der Waals surface area contributed by atoms with Crippen LogP contribution in [0.25, 0.3) is 11.0 Å². The SMILES string of the molecule is CC(=O)Nc1ccc(C#CCNC(=O)c2cc3ccccc3oc2=O)cc1. The summed E-state index contributed by atoms with van der Waals surface area (Å²) in [5.41, 5.74) is 1.11. The number of carbonyl (C=O) groups excluding carboxylic acids is 2. The molecule has 0 fully saturated rings. The lowest BCUT2D eigenvalue weighted by Gasteiger charge is -2.02. The molecule has 3 aromatic rings. The molecule has 0 radical (unpaired) electrons. The maximum absolute atomic E-state index is 12.2. The zero-order valence-corrected chi connectivity index (χ0v) is 14.5. The second-order valence-corrected chi connectivity index (χ2v) is 5.73. The topological polar surface area (TPSA) is 88.4 Å². The van der Waals surface area contributed by atoms with E-state index >= 15 is 0 Å². The van der Waals surface area contributed by atoms with Gasteiger partial charge in [-0.25, -0.2) is 4.79 Å². The van der Waals surface area contributed by atoms with E-state index in [0.29, 0.717) is 16.7 Å². The summed E-state index contributed by atoms with van der Waals surface area (Å²) < 4.78 is 5.15. The molecule has 27 heavy (non-hydrogen) atoms. The van der Waals surface area contributed by atoms with E-state index in [4.69, 9.17) is 4.42 Å². The fourth-order valence-corrected chi connectivity index (χ4v) is 2.43. The molecule has 2 aromatic carbocycles. The van der Waals surface area contributed by atoms with Crippen molar-refractivity contribution in [1.29, 1.82) is 0 Å². The Kier molecular flexibility index (Phi) is 5.33. The van der Waals surface area contributed by atoms with E-state index in [1.807, 2.05) is 0 Å². The minimum Gasteiger partial charge on any atom is -0.422 e. The van der Waals surface area contributed by atoms with E-state index in [-0.39, 0.29) is 18.0 Å². The second-order valence-electron chi connectivity index (χ2n) is 5.73. The highest BCUT2D eigenvalue weighted by Crippen LogP contribution is 2.12. The Bertz CT molecular complexity index is 1120. The van der Waals surface area contributed by atoms with Gasteiger partial charge in [0, 0.05) is 23.6 Å². The fraction of sp³-hybridized carbons (Fsp3) is 0.0952. The van der Waals surface area contributed by atoms with Crippen molar-refractivity contribution in [2.24, 2.45) is 0 Å². The molecule has 6 nitrogen and oxygen atoms in total. The van der Waals surface area contributed by atoms with Crippen molar-refractivity contribution in [3.05, 3.63) is 76.1 Å². The van der Waals surface area contributed by atoms with E-state index in [2.05, 4.69) is 22.5 Å². The lowest BCUT2D eigenvalue weighted by Crippen LogP contribution is -2.28. The highest BCUT2D eigenvalue weighted by molar-refractivity contribution is 5.96. The monoisotopic (exact) mass is 360 g/mol. The molecule has 0 atom stereocenters. The molecule has 0 bridgehead atoms. The third kappa shape index (κ3) is 4.61. The summed E-state index contributed by atoms with van der Waals surface area (Å²) in [5.74, 6) is 5.03. The van der Waals surface area contributed by atoms with Crippen LogP contribution in [0.1, 0.15) is 22.8 Å². The second kappa shape index (κ2) is 8.02. The summed E-state index contributed by atoms with van der Waals surface area (Å²) >= 11 is 0. The van der Waals surface area contributed by atoms with Gasteiger partial charge in [0.05, 0.1) is 6.54 Å². The van der Waals surface area contributed by atoms with Crippen LogP contribution in [0.5, 0.6) is 0 Å². The van der Waals surface area contributed by atoms with Crippen molar-refractivity contribution in [2.75, 3.05) is 11.9 Å². The molecular formula is C21H16N2O4. The smallest absolute Gasteiger partial charge is 0.349 e. The number of amides is 2. The Morgan fingerprint density at radius 1 is 1.07 bits per heavy atom. The number of carbonyl (C=O) groups is 2. The van der Waals surface area contributed by atoms with Gasteiger partial charge < -0.3 is 15.1 Å². The maximum Gasteiger partial charge on any atom is 0.349 e. The lowest BCUT2D eigenvalue weighted by atomic mass is 10.2. The quantitative estimate of drug-likeness (QED) is 0.555. The van der Waals surface area contributed by atoms with E-state index in [0.717, 1.165) is 5.56 Å². The van der Waals surface area contributed by atoms with Crippen molar-refractivity contribution in [3.63, 3.8) is 0 Å². The van der Waals surface area contributed by atoms with Gasteiger partial charge in [0.25, 0.3) is 5.91 Å². The molecule has 0 unspecified atom stereocenters. The first-order chi connectivity index (χ1) is 13.0. The molecule has 2 amide bonds. The van der Waals surface area contributed by atoms with Crippen molar-refractivity contribution in [1.82, 2.24) is 5.32 Å². The van der Waals surface area contributed by atoms with Gasteiger partial charge in [-0.2, -0.15) is 0 Å². The Hall–Kier alpha value is -3.85. The Morgan fingerprint density at radius 2 is 1.81 bits per heavy atom. The number of nitrogens with one attached hydrogen (secondary N) is 2. The van der Waals surface area contributed by atoms with Crippen LogP contribution in [0.4, 0.5) is 5.69 Å². The molecule has 0 saturated heterocycles. The highest BCUT2D eigenvalue weighted by Gasteiger charge is 2.12. The average Bonchev–Trinajstić information content (AvgIpc) is 2.65. The Labute approximate surface area is 155 Å². The predicted octanol–water partition coefficient (Wildman–Crippen LogP) is 2.53. The number of para-hydroxylation sites is 1. The van der Waals surface area contributed by atoms with Gasteiger partial charge in [0.2, 0.25) is 5.91 Å². The van der Waals surface area contributed by atoms with Gasteiger partial charge in [-0.3, -0.25) is 9.59 Å². The largest absolute Gasteiger partial charge is 0.422 e. The standard InChI is InChI=1S/C21H16N2O4/c1-14(24)23-17-10-8-15(9-11-17)5-4-12-22-20(25)18-13-16-6-2-3-7-19(16)27-21(18)26/h2-3,6-11,13H,12H2,1H3,(H,22,25)(H,23,24). The van der Waals surface area contributed by atoms with Crippen LogP contribution in [-0.4, -0.2) is 18.4 Å². The molecule has 0 saturated carbocycles. The van der Waals surface area contributed by atoms with E-state index < -0.39 is 11.5 Å². The Balaban J connectivity index is 1.63. The zero-order valence-electron chi connectivity index (χ0n) is 14.5. The van der Waals surface area contributed by atoms with Crippen molar-refractivity contribution in [2.45, 2.75) is 6.92 Å². The van der Waals surface area contributed by atoms with Crippen LogP contribution in [-0.2, 0) is 4.79 Å². The Morgan fingerprint density at radius 3 is 2.56 bits per heavy atom. The summed E-state index contributed by atoms with van der Waals surface area (Å²) in [5, 5.41) is 5.92. The van der Waals surface area contributed by atoms with Gasteiger partial charge in [0.15, 0.2) is 0 Å². The molecule has 3 rings (SSSR count). The molecule has 0 aliphatic heterocycles. The van der Waals surface area contributed by atoms with Crippen LogP contribution >= 0.6 is 0 Å². The third-order valence-electron chi connectivity index (χ3n) is 3.66. The maximum atomic E-state index is 12.2. The molecule has 0 aliphatic rings. The van der Waals surface area contributed by atoms with Crippen molar-refractivity contribution >= 4 is 28.5 Å². The van der Waals surface area contributed by atoms with Gasteiger partial charge in [-0.15, -0.1) is 0 Å². The van der Waals surface area contributed by atoms with Crippen LogP contribution in [0, 0.1) is 11.8 Å². The minimum atomic E-state index is -0.687.